The minimum absolute atomic E-state index is 0. The number of carbonyl (C=O) groups excluding carboxylic acids is 1. The molecule has 2 aromatic carbocycles. The first-order valence-corrected chi connectivity index (χ1v) is 8.74. The molecule has 24 heavy (non-hydrogen) atoms. The molecule has 2 aliphatic rings. The van der Waals surface area contributed by atoms with Crippen molar-refractivity contribution in [2.75, 3.05) is 0 Å². The summed E-state index contributed by atoms with van der Waals surface area (Å²) in [4.78, 5) is 12.7. The number of halogens is 1. The number of hydrogen-bond donors (Lipinski definition) is 2. The van der Waals surface area contributed by atoms with Crippen LogP contribution >= 0.6 is 12.4 Å². The van der Waals surface area contributed by atoms with Gasteiger partial charge in [-0.15, -0.1) is 12.4 Å². The van der Waals surface area contributed by atoms with E-state index in [1.54, 1.807) is 0 Å². The van der Waals surface area contributed by atoms with Gasteiger partial charge >= 0.3 is 0 Å². The molecule has 0 saturated carbocycles. The van der Waals surface area contributed by atoms with Gasteiger partial charge in [0.15, 0.2) is 0 Å². The Kier molecular flexibility index (Phi) is 5.12. The van der Waals surface area contributed by atoms with Crippen molar-refractivity contribution in [3.63, 3.8) is 0 Å². The zero-order valence-corrected chi connectivity index (χ0v) is 14.8. The summed E-state index contributed by atoms with van der Waals surface area (Å²) in [6, 6.07) is 16.2. The molecule has 0 aliphatic carbocycles. The monoisotopic (exact) mass is 344 g/mol. The van der Waals surface area contributed by atoms with E-state index in [0.717, 1.165) is 18.4 Å². The number of carbonyl (C=O) groups is 1. The SMILES string of the molecule is CC(C(=O)NC1CC2CCC(C1)N2)c1ccc2ccccc2c1.Cl. The molecule has 2 saturated heterocycles. The third-order valence-corrected chi connectivity index (χ3v) is 5.49. The summed E-state index contributed by atoms with van der Waals surface area (Å²) in [7, 11) is 0. The summed E-state index contributed by atoms with van der Waals surface area (Å²) in [6.45, 7) is 2.01. The van der Waals surface area contributed by atoms with E-state index < -0.39 is 0 Å². The van der Waals surface area contributed by atoms with Gasteiger partial charge in [0.2, 0.25) is 5.91 Å². The average molecular weight is 345 g/mol. The highest BCUT2D eigenvalue weighted by atomic mass is 35.5. The quantitative estimate of drug-likeness (QED) is 0.890. The van der Waals surface area contributed by atoms with Crippen molar-refractivity contribution in [1.82, 2.24) is 10.6 Å². The van der Waals surface area contributed by atoms with E-state index in [0.29, 0.717) is 18.1 Å². The van der Waals surface area contributed by atoms with Gasteiger partial charge in [-0.3, -0.25) is 4.79 Å². The van der Waals surface area contributed by atoms with Crippen molar-refractivity contribution in [1.29, 1.82) is 0 Å². The molecule has 2 fully saturated rings. The van der Waals surface area contributed by atoms with Crippen LogP contribution in [0.15, 0.2) is 42.5 Å². The molecule has 0 spiro atoms. The smallest absolute Gasteiger partial charge is 0.227 e. The van der Waals surface area contributed by atoms with Crippen molar-refractivity contribution in [2.24, 2.45) is 0 Å². The Labute approximate surface area is 149 Å². The summed E-state index contributed by atoms with van der Waals surface area (Å²) >= 11 is 0. The molecule has 2 aromatic rings. The number of piperidine rings is 1. The molecule has 0 aromatic heterocycles. The molecule has 0 radical (unpaired) electrons. The Morgan fingerprint density at radius 1 is 1.08 bits per heavy atom. The molecule has 2 N–H and O–H groups in total. The Morgan fingerprint density at radius 3 is 2.46 bits per heavy atom. The zero-order chi connectivity index (χ0) is 15.8. The highest BCUT2D eigenvalue weighted by Gasteiger charge is 2.34. The van der Waals surface area contributed by atoms with E-state index in [1.807, 2.05) is 19.1 Å². The van der Waals surface area contributed by atoms with Gasteiger partial charge in [-0.1, -0.05) is 42.5 Å². The number of hydrogen-bond acceptors (Lipinski definition) is 2. The molecule has 3 atom stereocenters. The predicted octanol–water partition coefficient (Wildman–Crippen LogP) is 3.76. The number of fused-ring (bicyclic) bond motifs is 3. The first-order chi connectivity index (χ1) is 11.2. The summed E-state index contributed by atoms with van der Waals surface area (Å²) in [5, 5.41) is 9.33. The lowest BCUT2D eigenvalue weighted by molar-refractivity contribution is -0.123. The second-order valence-corrected chi connectivity index (χ2v) is 7.14. The maximum absolute atomic E-state index is 12.7. The summed E-state index contributed by atoms with van der Waals surface area (Å²) in [6.07, 6.45) is 4.67. The molecular weight excluding hydrogens is 320 g/mol. The number of benzene rings is 2. The van der Waals surface area contributed by atoms with E-state index in [9.17, 15) is 4.79 Å². The molecule has 2 bridgehead atoms. The fraction of sp³-hybridized carbons (Fsp3) is 0.450. The highest BCUT2D eigenvalue weighted by Crippen LogP contribution is 2.28. The van der Waals surface area contributed by atoms with Gasteiger partial charge in [-0.05, 0) is 48.9 Å². The Morgan fingerprint density at radius 2 is 1.75 bits per heavy atom. The van der Waals surface area contributed by atoms with Gasteiger partial charge in [0, 0.05) is 18.1 Å². The van der Waals surface area contributed by atoms with Crippen LogP contribution in [0.1, 0.15) is 44.1 Å². The minimum Gasteiger partial charge on any atom is -0.353 e. The van der Waals surface area contributed by atoms with Crippen LogP contribution in [-0.4, -0.2) is 24.0 Å². The Balaban J connectivity index is 0.00000169. The highest BCUT2D eigenvalue weighted by molar-refractivity contribution is 5.87. The van der Waals surface area contributed by atoms with Crippen LogP contribution in [0.25, 0.3) is 10.8 Å². The maximum atomic E-state index is 12.7. The van der Waals surface area contributed by atoms with Crippen LogP contribution < -0.4 is 10.6 Å². The Hall–Kier alpha value is -1.58. The van der Waals surface area contributed by atoms with Gasteiger partial charge < -0.3 is 10.6 Å². The molecule has 3 unspecified atom stereocenters. The lowest BCUT2D eigenvalue weighted by atomic mass is 9.95. The Bertz CT molecular complexity index is 720. The standard InChI is InChI=1S/C20H24N2O.ClH/c1-13(15-7-6-14-4-2-3-5-16(14)10-15)20(23)22-19-11-17-8-9-18(12-19)21-17;/h2-7,10,13,17-19,21H,8-9,11-12H2,1H3,(H,22,23);1H. The topological polar surface area (TPSA) is 41.1 Å². The van der Waals surface area contributed by atoms with Crippen LogP contribution in [0, 0.1) is 0 Å². The van der Waals surface area contributed by atoms with Crippen LogP contribution in [0.5, 0.6) is 0 Å². The van der Waals surface area contributed by atoms with Gasteiger partial charge in [-0.25, -0.2) is 0 Å². The normalized spacial score (nSPS) is 26.6. The third-order valence-electron chi connectivity index (χ3n) is 5.49. The van der Waals surface area contributed by atoms with Gasteiger partial charge in [0.05, 0.1) is 5.92 Å². The molecule has 3 nitrogen and oxygen atoms in total. The lowest BCUT2D eigenvalue weighted by Gasteiger charge is -2.30. The van der Waals surface area contributed by atoms with Crippen LogP contribution in [0.3, 0.4) is 0 Å². The third kappa shape index (κ3) is 3.42. The van der Waals surface area contributed by atoms with Crippen molar-refractivity contribution in [3.05, 3.63) is 48.0 Å². The van der Waals surface area contributed by atoms with E-state index in [1.165, 1.54) is 23.6 Å². The number of nitrogens with one attached hydrogen (secondary N) is 2. The summed E-state index contributed by atoms with van der Waals surface area (Å²) < 4.78 is 0. The largest absolute Gasteiger partial charge is 0.353 e. The van der Waals surface area contributed by atoms with Gasteiger partial charge in [0.25, 0.3) is 0 Å². The van der Waals surface area contributed by atoms with Crippen molar-refractivity contribution >= 4 is 29.1 Å². The van der Waals surface area contributed by atoms with E-state index in [-0.39, 0.29) is 24.2 Å². The van der Waals surface area contributed by atoms with Crippen LogP contribution in [0.4, 0.5) is 0 Å². The van der Waals surface area contributed by atoms with Crippen molar-refractivity contribution < 1.29 is 4.79 Å². The molecular formula is C20H25ClN2O. The molecule has 2 heterocycles. The fourth-order valence-corrected chi connectivity index (χ4v) is 4.13. The van der Waals surface area contributed by atoms with Gasteiger partial charge in [-0.2, -0.15) is 0 Å². The van der Waals surface area contributed by atoms with E-state index >= 15 is 0 Å². The summed E-state index contributed by atoms with van der Waals surface area (Å²) in [5.41, 5.74) is 1.10. The molecule has 4 heteroatoms. The first kappa shape index (κ1) is 17.2. The predicted molar refractivity (Wildman–Crippen MR) is 101 cm³/mol. The lowest BCUT2D eigenvalue weighted by Crippen LogP contribution is -2.48. The zero-order valence-electron chi connectivity index (χ0n) is 14.0. The van der Waals surface area contributed by atoms with Crippen molar-refractivity contribution in [3.8, 4) is 0 Å². The van der Waals surface area contributed by atoms with Crippen molar-refractivity contribution in [2.45, 2.75) is 56.7 Å². The average Bonchev–Trinajstić information content (AvgIpc) is 2.92. The molecule has 1 amide bonds. The van der Waals surface area contributed by atoms with Gasteiger partial charge in [0.1, 0.15) is 0 Å². The second-order valence-electron chi connectivity index (χ2n) is 7.14. The first-order valence-electron chi connectivity index (χ1n) is 8.74. The van der Waals surface area contributed by atoms with E-state index in [2.05, 4.69) is 41.0 Å². The molecule has 2 aliphatic heterocycles. The maximum Gasteiger partial charge on any atom is 0.227 e. The summed E-state index contributed by atoms with van der Waals surface area (Å²) in [5.74, 6) is 0.0544. The second kappa shape index (κ2) is 7.12. The molecule has 4 rings (SSSR count). The van der Waals surface area contributed by atoms with Crippen LogP contribution in [-0.2, 0) is 4.79 Å². The minimum atomic E-state index is -0.104. The number of amides is 1. The molecule has 128 valence electrons. The fourth-order valence-electron chi connectivity index (χ4n) is 4.13. The number of rotatable bonds is 3. The van der Waals surface area contributed by atoms with Crippen LogP contribution in [0.2, 0.25) is 0 Å². The van der Waals surface area contributed by atoms with E-state index in [4.69, 9.17) is 0 Å².